The molecule has 0 unspecified atom stereocenters. The number of alkyl halides is 3. The lowest BCUT2D eigenvalue weighted by Gasteiger charge is -2.12. The Balaban J connectivity index is 1.60. The van der Waals surface area contributed by atoms with Crippen LogP contribution in [0.4, 0.5) is 18.9 Å². The van der Waals surface area contributed by atoms with E-state index in [0.717, 1.165) is 21.9 Å². The smallest absolute Gasteiger partial charge is 0.435 e. The molecule has 0 aliphatic rings. The third-order valence-corrected chi connectivity index (χ3v) is 5.32. The second kappa shape index (κ2) is 8.76. The second-order valence-corrected chi connectivity index (χ2v) is 7.75. The molecule has 4 nitrogen and oxygen atoms in total. The number of aromatic nitrogens is 2. The van der Waals surface area contributed by atoms with Crippen molar-refractivity contribution in [1.82, 2.24) is 9.78 Å². The summed E-state index contributed by atoms with van der Waals surface area (Å²) in [7, 11) is 0. The first kappa shape index (κ1) is 22.0. The highest BCUT2D eigenvalue weighted by Crippen LogP contribution is 2.34. The molecule has 0 fully saturated rings. The number of hydrogen-bond acceptors (Lipinski definition) is 3. The standard InChI is InChI=1S/C23H16Cl2F3N3O/c24-19-2-1-3-20(25)22(19)31-17(12-21(30-31)23(26,27)28)13-32-18-10-6-15(7-11-18)14-4-8-16(29)9-5-14/h1-12H,13,29H2. The van der Waals surface area contributed by atoms with Gasteiger partial charge in [0.1, 0.15) is 18.0 Å². The molecule has 0 spiro atoms. The lowest BCUT2D eigenvalue weighted by Crippen LogP contribution is -2.09. The summed E-state index contributed by atoms with van der Waals surface area (Å²) in [6, 6.07) is 20.1. The lowest BCUT2D eigenvalue weighted by atomic mass is 10.1. The Morgan fingerprint density at radius 3 is 2.00 bits per heavy atom. The van der Waals surface area contributed by atoms with E-state index in [9.17, 15) is 13.2 Å². The minimum Gasteiger partial charge on any atom is -0.487 e. The molecule has 0 aliphatic heterocycles. The summed E-state index contributed by atoms with van der Waals surface area (Å²) in [5.41, 5.74) is 7.55. The molecular weight excluding hydrogens is 462 g/mol. The van der Waals surface area contributed by atoms with Gasteiger partial charge >= 0.3 is 6.18 Å². The van der Waals surface area contributed by atoms with E-state index < -0.39 is 11.9 Å². The van der Waals surface area contributed by atoms with Crippen LogP contribution in [0.1, 0.15) is 11.4 Å². The van der Waals surface area contributed by atoms with Crippen molar-refractivity contribution in [2.45, 2.75) is 12.8 Å². The molecule has 0 saturated carbocycles. The molecule has 4 rings (SSSR count). The maximum Gasteiger partial charge on any atom is 0.435 e. The largest absolute Gasteiger partial charge is 0.487 e. The minimum absolute atomic E-state index is 0.148. The van der Waals surface area contributed by atoms with Gasteiger partial charge in [0.05, 0.1) is 15.7 Å². The highest BCUT2D eigenvalue weighted by molar-refractivity contribution is 6.37. The van der Waals surface area contributed by atoms with E-state index in [1.54, 1.807) is 30.3 Å². The van der Waals surface area contributed by atoms with Crippen molar-refractivity contribution in [3.8, 4) is 22.6 Å². The van der Waals surface area contributed by atoms with Crippen LogP contribution in [0.5, 0.6) is 5.75 Å². The fraction of sp³-hybridized carbons (Fsp3) is 0.0870. The first-order valence-electron chi connectivity index (χ1n) is 9.41. The van der Waals surface area contributed by atoms with E-state index >= 15 is 0 Å². The maximum atomic E-state index is 13.3. The molecule has 3 aromatic carbocycles. The number of benzene rings is 3. The van der Waals surface area contributed by atoms with Crippen LogP contribution in [-0.4, -0.2) is 9.78 Å². The summed E-state index contributed by atoms with van der Waals surface area (Å²) in [4.78, 5) is 0. The fourth-order valence-electron chi connectivity index (χ4n) is 3.12. The molecule has 0 aliphatic carbocycles. The van der Waals surface area contributed by atoms with Gasteiger partial charge in [-0.05, 0) is 53.6 Å². The predicted molar refractivity (Wildman–Crippen MR) is 119 cm³/mol. The molecule has 0 saturated heterocycles. The highest BCUT2D eigenvalue weighted by Gasteiger charge is 2.35. The van der Waals surface area contributed by atoms with E-state index in [1.807, 2.05) is 24.3 Å². The summed E-state index contributed by atoms with van der Waals surface area (Å²) >= 11 is 12.4. The first-order valence-corrected chi connectivity index (χ1v) is 10.2. The van der Waals surface area contributed by atoms with Crippen LogP contribution in [0.25, 0.3) is 16.8 Å². The van der Waals surface area contributed by atoms with Gasteiger partial charge in [-0.2, -0.15) is 18.3 Å². The Morgan fingerprint density at radius 1 is 0.875 bits per heavy atom. The van der Waals surface area contributed by atoms with Gasteiger partial charge in [0.25, 0.3) is 0 Å². The molecule has 0 amide bonds. The maximum absolute atomic E-state index is 13.3. The molecule has 1 aromatic heterocycles. The van der Waals surface area contributed by atoms with E-state index in [4.69, 9.17) is 33.7 Å². The Kier molecular flexibility index (Phi) is 6.04. The van der Waals surface area contributed by atoms with Crippen molar-refractivity contribution in [3.63, 3.8) is 0 Å². The summed E-state index contributed by atoms with van der Waals surface area (Å²) in [6.07, 6.45) is -4.63. The molecule has 164 valence electrons. The number of ether oxygens (including phenoxy) is 1. The molecule has 32 heavy (non-hydrogen) atoms. The SMILES string of the molecule is Nc1ccc(-c2ccc(OCc3cc(C(F)(F)F)nn3-c3c(Cl)cccc3Cl)cc2)cc1. The van der Waals surface area contributed by atoms with Crippen molar-refractivity contribution in [1.29, 1.82) is 0 Å². The zero-order chi connectivity index (χ0) is 22.9. The van der Waals surface area contributed by atoms with E-state index in [2.05, 4.69) is 5.10 Å². The number of para-hydroxylation sites is 1. The Bertz CT molecular complexity index is 1220. The topological polar surface area (TPSA) is 53.1 Å². The average molecular weight is 478 g/mol. The van der Waals surface area contributed by atoms with Crippen molar-refractivity contribution < 1.29 is 17.9 Å². The van der Waals surface area contributed by atoms with E-state index in [-0.39, 0.29) is 28.0 Å². The van der Waals surface area contributed by atoms with Gasteiger partial charge in [-0.25, -0.2) is 4.68 Å². The van der Waals surface area contributed by atoms with Gasteiger partial charge in [0.2, 0.25) is 0 Å². The predicted octanol–water partition coefficient (Wildman–Crippen LogP) is 7.03. The van der Waals surface area contributed by atoms with Crippen molar-refractivity contribution in [3.05, 3.63) is 94.2 Å². The van der Waals surface area contributed by atoms with Gasteiger partial charge in [-0.15, -0.1) is 0 Å². The molecule has 2 N–H and O–H groups in total. The number of nitrogens with two attached hydrogens (primary N) is 1. The number of halogens is 5. The third-order valence-electron chi connectivity index (χ3n) is 4.71. The average Bonchev–Trinajstić information content (AvgIpc) is 3.17. The van der Waals surface area contributed by atoms with Crippen LogP contribution in [0.2, 0.25) is 10.0 Å². The molecule has 9 heteroatoms. The van der Waals surface area contributed by atoms with Crippen LogP contribution < -0.4 is 10.5 Å². The highest BCUT2D eigenvalue weighted by atomic mass is 35.5. The van der Waals surface area contributed by atoms with E-state index in [1.165, 1.54) is 12.1 Å². The van der Waals surface area contributed by atoms with E-state index in [0.29, 0.717) is 11.4 Å². The number of hydrogen-bond donors (Lipinski definition) is 1. The van der Waals surface area contributed by atoms with Crippen LogP contribution in [0, 0.1) is 0 Å². The van der Waals surface area contributed by atoms with Crippen molar-refractivity contribution >= 4 is 28.9 Å². The van der Waals surface area contributed by atoms with Crippen molar-refractivity contribution in [2.24, 2.45) is 0 Å². The molecule has 0 atom stereocenters. The van der Waals surface area contributed by atoms with Crippen molar-refractivity contribution in [2.75, 3.05) is 5.73 Å². The van der Waals surface area contributed by atoms with Crippen LogP contribution in [-0.2, 0) is 12.8 Å². The van der Waals surface area contributed by atoms with Gasteiger partial charge in [-0.3, -0.25) is 0 Å². The quantitative estimate of drug-likeness (QED) is 0.314. The van der Waals surface area contributed by atoms with Gasteiger partial charge in [0, 0.05) is 5.69 Å². The third kappa shape index (κ3) is 4.69. The van der Waals surface area contributed by atoms with Gasteiger partial charge in [0.15, 0.2) is 5.69 Å². The zero-order valence-electron chi connectivity index (χ0n) is 16.4. The lowest BCUT2D eigenvalue weighted by molar-refractivity contribution is -0.141. The number of rotatable bonds is 5. The monoisotopic (exact) mass is 477 g/mol. The number of nitrogens with zero attached hydrogens (tertiary/aromatic N) is 2. The molecule has 1 heterocycles. The summed E-state index contributed by atoms with van der Waals surface area (Å²) in [6.45, 7) is -0.175. The summed E-state index contributed by atoms with van der Waals surface area (Å²) in [5, 5.41) is 4.02. The molecule has 4 aromatic rings. The Morgan fingerprint density at radius 2 is 1.44 bits per heavy atom. The Labute approximate surface area is 191 Å². The normalized spacial score (nSPS) is 11.5. The first-order chi connectivity index (χ1) is 15.2. The van der Waals surface area contributed by atoms with Gasteiger partial charge in [-0.1, -0.05) is 53.5 Å². The van der Waals surface area contributed by atoms with Gasteiger partial charge < -0.3 is 10.5 Å². The summed E-state index contributed by atoms with van der Waals surface area (Å²) in [5.74, 6) is 0.482. The molecule has 0 bridgehead atoms. The zero-order valence-corrected chi connectivity index (χ0v) is 17.9. The number of anilines is 1. The molecular formula is C23H16Cl2F3N3O. The second-order valence-electron chi connectivity index (χ2n) is 6.94. The van der Waals surface area contributed by atoms with Crippen LogP contribution in [0.3, 0.4) is 0 Å². The van der Waals surface area contributed by atoms with Crippen LogP contribution >= 0.6 is 23.2 Å². The summed E-state index contributed by atoms with van der Waals surface area (Å²) < 4.78 is 46.7. The molecule has 0 radical (unpaired) electrons. The Hall–Kier alpha value is -3.16. The fourth-order valence-corrected chi connectivity index (χ4v) is 3.68. The minimum atomic E-state index is -4.63. The number of nitrogen functional groups attached to an aromatic ring is 1. The van der Waals surface area contributed by atoms with Crippen LogP contribution in [0.15, 0.2) is 72.8 Å².